The molecule has 0 saturated carbocycles. The molecule has 1 heterocycles. The van der Waals surface area contributed by atoms with Crippen molar-refractivity contribution < 1.29 is 19.0 Å². The number of rotatable bonds is 6. The highest BCUT2D eigenvalue weighted by Crippen LogP contribution is 2.40. The lowest BCUT2D eigenvalue weighted by Crippen LogP contribution is -2.41. The molecule has 3 rings (SSSR count). The fraction of sp³-hybridized carbons (Fsp3) is 0.435. The molecule has 1 aliphatic heterocycles. The number of carbonyl (C=O) groups excluding carboxylic acids is 1. The van der Waals surface area contributed by atoms with Gasteiger partial charge in [-0.25, -0.2) is 0 Å². The van der Waals surface area contributed by atoms with Gasteiger partial charge in [-0.15, -0.1) is 0 Å². The van der Waals surface area contributed by atoms with Crippen LogP contribution < -0.4 is 19.5 Å². The van der Waals surface area contributed by atoms with Crippen molar-refractivity contribution in [3.63, 3.8) is 0 Å². The third-order valence-electron chi connectivity index (χ3n) is 5.05. The summed E-state index contributed by atoms with van der Waals surface area (Å²) in [6.07, 6.45) is 1.79. The molecule has 0 spiro atoms. The van der Waals surface area contributed by atoms with Crippen LogP contribution >= 0.6 is 0 Å². The van der Waals surface area contributed by atoms with Gasteiger partial charge in [-0.3, -0.25) is 4.79 Å². The molecule has 0 aliphatic carbocycles. The molecule has 5 nitrogen and oxygen atoms in total. The van der Waals surface area contributed by atoms with E-state index in [0.29, 0.717) is 24.3 Å². The van der Waals surface area contributed by atoms with Crippen molar-refractivity contribution in [3.05, 3.63) is 53.1 Å². The molecule has 0 fully saturated rings. The van der Waals surface area contributed by atoms with E-state index in [9.17, 15) is 4.79 Å². The van der Waals surface area contributed by atoms with E-state index >= 15 is 0 Å². The summed E-state index contributed by atoms with van der Waals surface area (Å²) in [5.74, 6) is 2.26. The van der Waals surface area contributed by atoms with Gasteiger partial charge < -0.3 is 19.5 Å². The Morgan fingerprint density at radius 1 is 1.14 bits per heavy atom. The summed E-state index contributed by atoms with van der Waals surface area (Å²) in [6, 6.07) is 11.9. The molecule has 2 aromatic rings. The topological polar surface area (TPSA) is 56.8 Å². The van der Waals surface area contributed by atoms with E-state index in [4.69, 9.17) is 14.2 Å². The molecule has 0 unspecified atom stereocenters. The van der Waals surface area contributed by atoms with E-state index in [1.807, 2.05) is 31.2 Å². The molecule has 0 aromatic heterocycles. The Bertz CT molecular complexity index is 860. The van der Waals surface area contributed by atoms with Crippen molar-refractivity contribution in [2.75, 3.05) is 14.2 Å². The fourth-order valence-corrected chi connectivity index (χ4v) is 3.65. The van der Waals surface area contributed by atoms with Crippen molar-refractivity contribution in [2.24, 2.45) is 0 Å². The second-order valence-electron chi connectivity index (χ2n) is 7.92. The first kappa shape index (κ1) is 20.1. The lowest BCUT2D eigenvalue weighted by molar-refractivity contribution is -0.122. The molecule has 28 heavy (non-hydrogen) atoms. The smallest absolute Gasteiger partial charge is 0.220 e. The lowest BCUT2D eigenvalue weighted by Gasteiger charge is -2.38. The van der Waals surface area contributed by atoms with Crippen LogP contribution in [0, 0.1) is 6.92 Å². The number of hydrogen-bond donors (Lipinski definition) is 1. The van der Waals surface area contributed by atoms with Crippen molar-refractivity contribution >= 4 is 5.91 Å². The predicted octanol–water partition coefficient (Wildman–Crippen LogP) is 4.36. The molecule has 5 heteroatoms. The minimum Gasteiger partial charge on any atom is -0.493 e. The maximum absolute atomic E-state index is 12.6. The van der Waals surface area contributed by atoms with E-state index in [1.54, 1.807) is 14.2 Å². The van der Waals surface area contributed by atoms with Crippen molar-refractivity contribution in [1.82, 2.24) is 5.32 Å². The highest BCUT2D eigenvalue weighted by Gasteiger charge is 2.34. The van der Waals surface area contributed by atoms with Gasteiger partial charge in [0.05, 0.1) is 20.3 Å². The van der Waals surface area contributed by atoms with Gasteiger partial charge in [-0.2, -0.15) is 0 Å². The maximum Gasteiger partial charge on any atom is 0.220 e. The number of hydrogen-bond acceptors (Lipinski definition) is 4. The van der Waals surface area contributed by atoms with Gasteiger partial charge in [0.25, 0.3) is 0 Å². The minimum atomic E-state index is -0.317. The van der Waals surface area contributed by atoms with Crippen LogP contribution in [0.15, 0.2) is 36.4 Å². The van der Waals surface area contributed by atoms with Crippen LogP contribution in [0.3, 0.4) is 0 Å². The summed E-state index contributed by atoms with van der Waals surface area (Å²) in [7, 11) is 3.22. The Morgan fingerprint density at radius 3 is 2.61 bits per heavy atom. The standard InChI is InChI=1S/C23H29NO4/c1-15-6-9-17-18(14-23(2,3)28-20(17)12-15)24-22(25)11-8-16-7-10-19(26-4)21(13-16)27-5/h6-7,9-10,12-13,18H,8,11,14H2,1-5H3,(H,24,25)/t18-/m0/s1. The number of carbonyl (C=O) groups is 1. The molecule has 1 aliphatic rings. The summed E-state index contributed by atoms with van der Waals surface area (Å²) in [5, 5.41) is 3.20. The first-order valence-corrected chi connectivity index (χ1v) is 9.61. The molecule has 1 atom stereocenters. The van der Waals surface area contributed by atoms with Gasteiger partial charge in [0.15, 0.2) is 11.5 Å². The van der Waals surface area contributed by atoms with Crippen molar-refractivity contribution in [2.45, 2.75) is 51.7 Å². The fourth-order valence-electron chi connectivity index (χ4n) is 3.65. The Hall–Kier alpha value is -2.69. The van der Waals surface area contributed by atoms with Crippen LogP contribution in [0.5, 0.6) is 17.2 Å². The van der Waals surface area contributed by atoms with E-state index in [0.717, 1.165) is 28.9 Å². The summed E-state index contributed by atoms with van der Waals surface area (Å²) < 4.78 is 16.7. The molecule has 1 N–H and O–H groups in total. The average Bonchev–Trinajstić information content (AvgIpc) is 2.64. The summed E-state index contributed by atoms with van der Waals surface area (Å²) >= 11 is 0. The average molecular weight is 383 g/mol. The Morgan fingerprint density at radius 2 is 1.89 bits per heavy atom. The SMILES string of the molecule is COc1ccc(CCC(=O)N[C@H]2CC(C)(C)Oc3cc(C)ccc32)cc1OC. The van der Waals surface area contributed by atoms with Crippen molar-refractivity contribution in [1.29, 1.82) is 0 Å². The Labute approximate surface area is 167 Å². The largest absolute Gasteiger partial charge is 0.493 e. The number of aryl methyl sites for hydroxylation is 2. The van der Waals surface area contributed by atoms with Crippen molar-refractivity contribution in [3.8, 4) is 17.2 Å². The van der Waals surface area contributed by atoms with E-state index < -0.39 is 0 Å². The number of methoxy groups -OCH3 is 2. The number of amides is 1. The molecule has 150 valence electrons. The van der Waals surface area contributed by atoms with E-state index in [-0.39, 0.29) is 17.6 Å². The van der Waals surface area contributed by atoms with Crippen LogP contribution in [-0.2, 0) is 11.2 Å². The summed E-state index contributed by atoms with van der Waals surface area (Å²) in [5.41, 5.74) is 2.91. The van der Waals surface area contributed by atoms with Crippen LogP contribution in [0.1, 0.15) is 49.4 Å². The quantitative estimate of drug-likeness (QED) is 0.805. The van der Waals surface area contributed by atoms with Crippen LogP contribution in [-0.4, -0.2) is 25.7 Å². The van der Waals surface area contributed by atoms with Crippen LogP contribution in [0.4, 0.5) is 0 Å². The number of fused-ring (bicyclic) bond motifs is 1. The Kier molecular flexibility index (Phi) is 5.82. The second kappa shape index (κ2) is 8.13. The van der Waals surface area contributed by atoms with E-state index in [2.05, 4.69) is 31.3 Å². The lowest BCUT2D eigenvalue weighted by atomic mass is 9.89. The normalized spacial score (nSPS) is 17.2. The number of benzene rings is 2. The highest BCUT2D eigenvalue weighted by atomic mass is 16.5. The van der Waals surface area contributed by atoms with Gasteiger partial charge in [0.2, 0.25) is 5.91 Å². The molecule has 0 saturated heterocycles. The maximum atomic E-state index is 12.6. The molecule has 2 aromatic carbocycles. The second-order valence-corrected chi connectivity index (χ2v) is 7.92. The van der Waals surface area contributed by atoms with Gasteiger partial charge in [0, 0.05) is 18.4 Å². The Balaban J connectivity index is 1.67. The first-order valence-electron chi connectivity index (χ1n) is 9.61. The molecule has 0 bridgehead atoms. The molecule has 1 amide bonds. The minimum absolute atomic E-state index is 0.0315. The molecule has 0 radical (unpaired) electrons. The monoisotopic (exact) mass is 383 g/mol. The van der Waals surface area contributed by atoms with Gasteiger partial charge >= 0.3 is 0 Å². The van der Waals surface area contributed by atoms with E-state index in [1.165, 1.54) is 0 Å². The number of ether oxygens (including phenoxy) is 3. The number of nitrogens with one attached hydrogen (secondary N) is 1. The molecular weight excluding hydrogens is 354 g/mol. The van der Waals surface area contributed by atoms with Gasteiger partial charge in [-0.05, 0) is 56.5 Å². The van der Waals surface area contributed by atoms with Gasteiger partial charge in [0.1, 0.15) is 11.4 Å². The zero-order chi connectivity index (χ0) is 20.3. The third-order valence-corrected chi connectivity index (χ3v) is 5.05. The van der Waals surface area contributed by atoms with Gasteiger partial charge in [-0.1, -0.05) is 18.2 Å². The zero-order valence-electron chi connectivity index (χ0n) is 17.3. The first-order chi connectivity index (χ1) is 13.3. The predicted molar refractivity (Wildman–Crippen MR) is 109 cm³/mol. The summed E-state index contributed by atoms with van der Waals surface area (Å²) in [4.78, 5) is 12.6. The molecular formula is C23H29NO4. The highest BCUT2D eigenvalue weighted by molar-refractivity contribution is 5.77. The van der Waals surface area contributed by atoms with Crippen LogP contribution in [0.2, 0.25) is 0 Å². The zero-order valence-corrected chi connectivity index (χ0v) is 17.3. The third kappa shape index (κ3) is 4.58. The summed E-state index contributed by atoms with van der Waals surface area (Å²) in [6.45, 7) is 6.16. The van der Waals surface area contributed by atoms with Crippen LogP contribution in [0.25, 0.3) is 0 Å².